The van der Waals surface area contributed by atoms with E-state index in [1.54, 1.807) is 42.6 Å². The summed E-state index contributed by atoms with van der Waals surface area (Å²) in [6, 6.07) is 8.43. The summed E-state index contributed by atoms with van der Waals surface area (Å²) in [5, 5.41) is 16.8. The Hall–Kier alpha value is -3.89. The number of benzene rings is 1. The molecule has 3 rings (SSSR count). The van der Waals surface area contributed by atoms with Crippen LogP contribution in [0.1, 0.15) is 20.8 Å². The van der Waals surface area contributed by atoms with Crippen molar-refractivity contribution in [2.24, 2.45) is 0 Å². The summed E-state index contributed by atoms with van der Waals surface area (Å²) in [7, 11) is 0. The molecule has 2 aromatic rings. The van der Waals surface area contributed by atoms with Crippen LogP contribution in [0.25, 0.3) is 11.3 Å². The number of hydrogen-bond acceptors (Lipinski definition) is 8. The number of anilines is 2. The van der Waals surface area contributed by atoms with Gasteiger partial charge in [-0.3, -0.25) is 23.9 Å². The lowest BCUT2D eigenvalue weighted by atomic mass is 10.1. The number of halogens is 3. The second-order valence-electron chi connectivity index (χ2n) is 9.12. The summed E-state index contributed by atoms with van der Waals surface area (Å²) in [6.45, 7) is 5.15. The number of hydrogen-bond donors (Lipinski definition) is 3. The molecule has 0 atom stereocenters. The number of aromatic nitrogens is 1. The molecule has 3 N–H and O–H groups in total. The number of alkyl halides is 3. The highest BCUT2D eigenvalue weighted by atomic mass is 32.1. The monoisotopic (exact) mass is 564 g/mol. The van der Waals surface area contributed by atoms with Crippen molar-refractivity contribution in [3.05, 3.63) is 50.0 Å². The van der Waals surface area contributed by atoms with E-state index < -0.39 is 29.8 Å². The van der Waals surface area contributed by atoms with Gasteiger partial charge in [0.25, 0.3) is 11.5 Å². The third-order valence-electron chi connectivity index (χ3n) is 5.68. The zero-order valence-electron chi connectivity index (χ0n) is 21.4. The van der Waals surface area contributed by atoms with Gasteiger partial charge in [-0.2, -0.15) is 18.4 Å². The fourth-order valence-electron chi connectivity index (χ4n) is 3.62. The molecule has 10 nitrogen and oxygen atoms in total. The Balaban J connectivity index is 1.80. The number of carbonyl (C=O) groups is 2. The highest BCUT2D eigenvalue weighted by molar-refractivity contribution is 7.07. The number of carbonyl (C=O) groups excluding carboxylic acids is 2. The van der Waals surface area contributed by atoms with E-state index in [1.807, 2.05) is 18.7 Å². The molecule has 0 radical (unpaired) electrons. The van der Waals surface area contributed by atoms with Gasteiger partial charge in [-0.25, -0.2) is 0 Å². The zero-order valence-corrected chi connectivity index (χ0v) is 22.3. The molecule has 1 fully saturated rings. The SMILES string of the molecule is CCn1c(=O)c(=C=CNc2cccc(NC(=O)CN3COCC3(C)C)c2)s/c1=C(/C#N)C(=O)NCC(F)(F)F. The van der Waals surface area contributed by atoms with Crippen LogP contribution >= 0.6 is 11.3 Å². The quantitative estimate of drug-likeness (QED) is 0.441. The maximum absolute atomic E-state index is 12.8. The maximum atomic E-state index is 12.8. The molecule has 208 valence electrons. The van der Waals surface area contributed by atoms with E-state index >= 15 is 0 Å². The normalized spacial score (nSPS) is 15.6. The number of nitrogens with one attached hydrogen (secondary N) is 3. The average Bonchev–Trinajstić information content (AvgIpc) is 3.35. The average molecular weight is 565 g/mol. The topological polar surface area (TPSA) is 128 Å². The molecule has 1 saturated heterocycles. The van der Waals surface area contributed by atoms with E-state index in [2.05, 4.69) is 16.4 Å². The number of thiazole rings is 1. The number of nitriles is 1. The van der Waals surface area contributed by atoms with E-state index in [9.17, 15) is 32.8 Å². The third kappa shape index (κ3) is 7.81. The molecule has 2 heterocycles. The molecule has 0 aliphatic carbocycles. The molecular weight excluding hydrogens is 537 g/mol. The molecule has 39 heavy (non-hydrogen) atoms. The Kier molecular flexibility index (Phi) is 9.36. The van der Waals surface area contributed by atoms with Crippen LogP contribution < -0.4 is 30.7 Å². The Bertz CT molecular complexity index is 1500. The summed E-state index contributed by atoms with van der Waals surface area (Å²) < 4.78 is 43.9. The largest absolute Gasteiger partial charge is 0.405 e. The van der Waals surface area contributed by atoms with Crippen LogP contribution in [0.5, 0.6) is 0 Å². The minimum absolute atomic E-state index is 0.0376. The highest BCUT2D eigenvalue weighted by Crippen LogP contribution is 2.21. The first-order valence-electron chi connectivity index (χ1n) is 11.8. The van der Waals surface area contributed by atoms with Gasteiger partial charge >= 0.3 is 6.18 Å². The van der Waals surface area contributed by atoms with Gasteiger partial charge in [0.15, 0.2) is 5.57 Å². The maximum Gasteiger partial charge on any atom is 0.405 e. The van der Waals surface area contributed by atoms with Crippen molar-refractivity contribution in [2.45, 2.75) is 39.0 Å². The number of nitrogens with zero attached hydrogens (tertiary/aromatic N) is 3. The van der Waals surface area contributed by atoms with Crippen LogP contribution in [-0.2, 0) is 20.9 Å². The van der Waals surface area contributed by atoms with Crippen molar-refractivity contribution in [2.75, 3.05) is 37.1 Å². The van der Waals surface area contributed by atoms with Crippen LogP contribution in [0.15, 0.2) is 35.3 Å². The molecular formula is C25H27F3N6O4S. The molecule has 0 bridgehead atoms. The molecule has 0 spiro atoms. The Morgan fingerprint density at radius 2 is 2.00 bits per heavy atom. The van der Waals surface area contributed by atoms with Crippen molar-refractivity contribution < 1.29 is 27.5 Å². The second kappa shape index (κ2) is 12.3. The van der Waals surface area contributed by atoms with Crippen LogP contribution in [0.3, 0.4) is 0 Å². The van der Waals surface area contributed by atoms with E-state index in [0.29, 0.717) is 24.7 Å². The van der Waals surface area contributed by atoms with Gasteiger partial charge in [-0.05, 0) is 39.0 Å². The fourth-order valence-corrected chi connectivity index (χ4v) is 4.69. The van der Waals surface area contributed by atoms with Crippen molar-refractivity contribution in [1.82, 2.24) is 14.8 Å². The first-order chi connectivity index (χ1) is 18.3. The van der Waals surface area contributed by atoms with E-state index in [1.165, 1.54) is 6.20 Å². The number of amides is 2. The summed E-state index contributed by atoms with van der Waals surface area (Å²) in [5.41, 5.74) is 2.48. The summed E-state index contributed by atoms with van der Waals surface area (Å²) in [4.78, 5) is 39.4. The van der Waals surface area contributed by atoms with Crippen LogP contribution in [0.4, 0.5) is 24.5 Å². The molecule has 1 aliphatic heterocycles. The Labute approximate surface area is 225 Å². The molecule has 2 amide bonds. The van der Waals surface area contributed by atoms with Gasteiger partial charge in [-0.1, -0.05) is 11.8 Å². The van der Waals surface area contributed by atoms with Gasteiger partial charge < -0.3 is 20.7 Å². The number of rotatable bonds is 8. The molecule has 0 saturated carbocycles. The van der Waals surface area contributed by atoms with E-state index in [4.69, 9.17) is 4.74 Å². The minimum Gasteiger partial charge on any atom is -0.364 e. The first kappa shape index (κ1) is 29.7. The highest BCUT2D eigenvalue weighted by Gasteiger charge is 2.34. The standard InChI is InChI=1S/C25H27F3N6O4S/c1-4-34-22(37)19(39-23(34)18(11-29)21(36)31-13-25(26,27)28)8-9-30-16-6-5-7-17(10-16)32-20(35)12-33-15-38-14-24(33,2)3/h5-7,9-10,30H,4,12-15H2,1-3H3,(H,31,36)(H,32,35)/b23-18-. The van der Waals surface area contributed by atoms with Crippen molar-refractivity contribution in [1.29, 1.82) is 5.26 Å². The third-order valence-corrected chi connectivity index (χ3v) is 6.80. The van der Waals surface area contributed by atoms with E-state index in [0.717, 1.165) is 15.9 Å². The first-order valence-corrected chi connectivity index (χ1v) is 12.6. The summed E-state index contributed by atoms with van der Waals surface area (Å²) in [5.74, 6) is -1.44. The van der Waals surface area contributed by atoms with Gasteiger partial charge in [-0.15, -0.1) is 11.3 Å². The minimum atomic E-state index is -4.65. The predicted molar refractivity (Wildman–Crippen MR) is 140 cm³/mol. The summed E-state index contributed by atoms with van der Waals surface area (Å²) >= 11 is 0.761. The fraction of sp³-hybridized carbons (Fsp3) is 0.400. The van der Waals surface area contributed by atoms with Crippen molar-refractivity contribution in [3.63, 3.8) is 0 Å². The Morgan fingerprint density at radius 1 is 1.28 bits per heavy atom. The molecule has 1 aliphatic rings. The van der Waals surface area contributed by atoms with Gasteiger partial charge in [0.2, 0.25) is 5.91 Å². The van der Waals surface area contributed by atoms with Crippen LogP contribution in [0, 0.1) is 11.3 Å². The lowest BCUT2D eigenvalue weighted by Gasteiger charge is -2.28. The van der Waals surface area contributed by atoms with Crippen LogP contribution in [-0.4, -0.2) is 59.4 Å². The van der Waals surface area contributed by atoms with Crippen LogP contribution in [0.2, 0.25) is 0 Å². The molecule has 14 heteroatoms. The Morgan fingerprint density at radius 3 is 2.62 bits per heavy atom. The van der Waals surface area contributed by atoms with Crippen molar-refractivity contribution in [3.8, 4) is 6.07 Å². The van der Waals surface area contributed by atoms with E-state index in [-0.39, 0.29) is 33.7 Å². The van der Waals surface area contributed by atoms with Gasteiger partial charge in [0.1, 0.15) is 28.5 Å². The van der Waals surface area contributed by atoms with Crippen molar-refractivity contribution >= 4 is 45.8 Å². The molecule has 1 aromatic carbocycles. The lowest BCUT2D eigenvalue weighted by Crippen LogP contribution is -2.44. The van der Waals surface area contributed by atoms with Gasteiger partial charge in [0.05, 0.1) is 13.2 Å². The predicted octanol–water partition coefficient (Wildman–Crippen LogP) is 1.29. The van der Waals surface area contributed by atoms with Gasteiger partial charge in [0, 0.05) is 29.7 Å². The second-order valence-corrected chi connectivity index (χ2v) is 10.1. The lowest BCUT2D eigenvalue weighted by molar-refractivity contribution is -0.135. The molecule has 1 aromatic heterocycles. The summed E-state index contributed by atoms with van der Waals surface area (Å²) in [6.07, 6.45) is -3.30. The zero-order chi connectivity index (χ0) is 28.8. The number of ether oxygens (including phenoxy) is 1. The molecule has 0 unspecified atom stereocenters. The smallest absolute Gasteiger partial charge is 0.364 e.